The standard InChI is InChI=1S/C27H28ClF3N2O3/c1-3-33(26(35)32-16-18-7-5-4-6-8-18)17-21-14-22(27(29,30)31)9-10-24(21)20-11-19(12-23(28)15-20)13-25(34)36-2/h4-12,15,21H,3,13-14,16-17H2,1-2H3,(H,32,35). The molecular weight excluding hydrogens is 493 g/mol. The highest BCUT2D eigenvalue weighted by Crippen LogP contribution is 2.40. The maximum absolute atomic E-state index is 13.6. The number of hydrogen-bond donors (Lipinski definition) is 1. The molecule has 9 heteroatoms. The summed E-state index contributed by atoms with van der Waals surface area (Å²) in [5.41, 5.74) is 2.06. The molecule has 2 aromatic carbocycles. The van der Waals surface area contributed by atoms with E-state index in [1.807, 2.05) is 30.3 Å². The Hall–Kier alpha value is -3.26. The Morgan fingerprint density at radius 1 is 1.11 bits per heavy atom. The first-order valence-electron chi connectivity index (χ1n) is 11.5. The van der Waals surface area contributed by atoms with Crippen LogP contribution in [-0.2, 0) is 22.5 Å². The number of halogens is 4. The van der Waals surface area contributed by atoms with Crippen molar-refractivity contribution in [2.75, 3.05) is 20.2 Å². The van der Waals surface area contributed by atoms with E-state index in [1.54, 1.807) is 25.1 Å². The molecule has 1 aliphatic rings. The number of urea groups is 1. The molecule has 1 unspecified atom stereocenters. The van der Waals surface area contributed by atoms with Crippen molar-refractivity contribution in [2.24, 2.45) is 5.92 Å². The molecule has 0 spiro atoms. The highest BCUT2D eigenvalue weighted by Gasteiger charge is 2.38. The molecule has 0 aromatic heterocycles. The number of allylic oxidation sites excluding steroid dienone is 3. The number of ether oxygens (including phenoxy) is 1. The molecule has 1 atom stereocenters. The Morgan fingerprint density at radius 2 is 1.83 bits per heavy atom. The Labute approximate surface area is 213 Å². The van der Waals surface area contributed by atoms with Crippen LogP contribution in [0.4, 0.5) is 18.0 Å². The van der Waals surface area contributed by atoms with Gasteiger partial charge in [-0.3, -0.25) is 4.79 Å². The lowest BCUT2D eigenvalue weighted by atomic mass is 9.82. The van der Waals surface area contributed by atoms with Gasteiger partial charge in [0.15, 0.2) is 0 Å². The van der Waals surface area contributed by atoms with Gasteiger partial charge >= 0.3 is 18.2 Å². The largest absolute Gasteiger partial charge is 0.469 e. The molecule has 0 radical (unpaired) electrons. The minimum Gasteiger partial charge on any atom is -0.469 e. The third-order valence-electron chi connectivity index (χ3n) is 6.00. The second-order valence-electron chi connectivity index (χ2n) is 8.50. The van der Waals surface area contributed by atoms with E-state index in [1.165, 1.54) is 18.1 Å². The number of carbonyl (C=O) groups is 2. The zero-order valence-corrected chi connectivity index (χ0v) is 20.8. The van der Waals surface area contributed by atoms with Crippen LogP contribution in [0.5, 0.6) is 0 Å². The second kappa shape index (κ2) is 12.1. The van der Waals surface area contributed by atoms with E-state index in [-0.39, 0.29) is 25.4 Å². The molecule has 192 valence electrons. The van der Waals surface area contributed by atoms with Gasteiger partial charge in [0.05, 0.1) is 13.5 Å². The molecule has 0 heterocycles. The quantitative estimate of drug-likeness (QED) is 0.423. The van der Waals surface area contributed by atoms with Gasteiger partial charge in [0.1, 0.15) is 0 Å². The molecule has 2 amide bonds. The van der Waals surface area contributed by atoms with Crippen molar-refractivity contribution < 1.29 is 27.5 Å². The molecule has 36 heavy (non-hydrogen) atoms. The summed E-state index contributed by atoms with van der Waals surface area (Å²) in [5, 5.41) is 3.19. The summed E-state index contributed by atoms with van der Waals surface area (Å²) in [6.45, 7) is 2.49. The molecular formula is C27H28ClF3N2O3. The number of benzene rings is 2. The monoisotopic (exact) mass is 520 g/mol. The van der Waals surface area contributed by atoms with Crippen LogP contribution in [0.15, 0.2) is 66.3 Å². The molecule has 0 fully saturated rings. The lowest BCUT2D eigenvalue weighted by molar-refractivity contribution is -0.139. The molecule has 0 bridgehead atoms. The zero-order chi connectivity index (χ0) is 26.3. The summed E-state index contributed by atoms with van der Waals surface area (Å²) in [6.07, 6.45) is -2.28. The third kappa shape index (κ3) is 7.37. The number of amides is 2. The van der Waals surface area contributed by atoms with Crippen LogP contribution in [0.2, 0.25) is 5.02 Å². The number of methoxy groups -OCH3 is 1. The molecule has 5 nitrogen and oxygen atoms in total. The number of hydrogen-bond acceptors (Lipinski definition) is 3. The summed E-state index contributed by atoms with van der Waals surface area (Å²) in [5.74, 6) is -1.08. The fourth-order valence-electron chi connectivity index (χ4n) is 4.14. The number of esters is 1. The van der Waals surface area contributed by atoms with Crippen LogP contribution in [0.25, 0.3) is 5.57 Å². The Bertz CT molecular complexity index is 1150. The lowest BCUT2D eigenvalue weighted by Crippen LogP contribution is -2.42. The van der Waals surface area contributed by atoms with Crippen molar-refractivity contribution in [3.8, 4) is 0 Å². The van der Waals surface area contributed by atoms with Crippen molar-refractivity contribution >= 4 is 29.2 Å². The SMILES string of the molecule is CCN(CC1CC(C(F)(F)F)=CC=C1c1cc(Cl)cc(CC(=O)OC)c1)C(=O)NCc1ccccc1. The Morgan fingerprint density at radius 3 is 2.47 bits per heavy atom. The molecule has 1 aliphatic carbocycles. The highest BCUT2D eigenvalue weighted by molar-refractivity contribution is 6.30. The fourth-order valence-corrected chi connectivity index (χ4v) is 4.40. The summed E-state index contributed by atoms with van der Waals surface area (Å²) >= 11 is 6.28. The van der Waals surface area contributed by atoms with Crippen molar-refractivity contribution in [2.45, 2.75) is 32.5 Å². The van der Waals surface area contributed by atoms with E-state index >= 15 is 0 Å². The minimum atomic E-state index is -4.47. The molecule has 0 saturated heterocycles. The first kappa shape index (κ1) is 27.3. The van der Waals surface area contributed by atoms with Crippen molar-refractivity contribution in [1.29, 1.82) is 0 Å². The molecule has 0 aliphatic heterocycles. The molecule has 3 rings (SSSR count). The van der Waals surface area contributed by atoms with Gasteiger partial charge < -0.3 is 15.0 Å². The Kier molecular flexibility index (Phi) is 9.20. The predicted molar refractivity (Wildman–Crippen MR) is 133 cm³/mol. The summed E-state index contributed by atoms with van der Waals surface area (Å²) in [6, 6.07) is 14.0. The number of nitrogens with one attached hydrogen (secondary N) is 1. The van der Waals surface area contributed by atoms with Crippen LogP contribution in [0, 0.1) is 5.92 Å². The van der Waals surface area contributed by atoms with Crippen molar-refractivity contribution in [1.82, 2.24) is 10.2 Å². The van der Waals surface area contributed by atoms with Crippen molar-refractivity contribution in [3.63, 3.8) is 0 Å². The van der Waals surface area contributed by atoms with Gasteiger partial charge in [0, 0.05) is 36.1 Å². The number of rotatable bonds is 8. The molecule has 2 aromatic rings. The maximum Gasteiger partial charge on any atom is 0.412 e. The van der Waals surface area contributed by atoms with E-state index in [2.05, 4.69) is 5.32 Å². The first-order chi connectivity index (χ1) is 17.1. The average Bonchev–Trinajstić information content (AvgIpc) is 2.85. The number of carbonyl (C=O) groups excluding carboxylic acids is 2. The average molecular weight is 521 g/mol. The van der Waals surface area contributed by atoms with Gasteiger partial charge in [-0.05, 0) is 47.7 Å². The van der Waals surface area contributed by atoms with E-state index in [0.717, 1.165) is 11.6 Å². The van der Waals surface area contributed by atoms with Crippen LogP contribution in [0.3, 0.4) is 0 Å². The zero-order valence-electron chi connectivity index (χ0n) is 20.1. The summed E-state index contributed by atoms with van der Waals surface area (Å²) in [7, 11) is 1.28. The predicted octanol–water partition coefficient (Wildman–Crippen LogP) is 6.18. The van der Waals surface area contributed by atoms with Gasteiger partial charge in [-0.1, -0.05) is 60.2 Å². The van der Waals surface area contributed by atoms with E-state index < -0.39 is 23.6 Å². The number of alkyl halides is 3. The fraction of sp³-hybridized carbons (Fsp3) is 0.333. The third-order valence-corrected chi connectivity index (χ3v) is 6.22. The smallest absolute Gasteiger partial charge is 0.412 e. The van der Waals surface area contributed by atoms with Gasteiger partial charge in [0.2, 0.25) is 0 Å². The highest BCUT2D eigenvalue weighted by atomic mass is 35.5. The topological polar surface area (TPSA) is 58.6 Å². The van der Waals surface area contributed by atoms with E-state index in [4.69, 9.17) is 16.3 Å². The molecule has 1 N–H and O–H groups in total. The number of nitrogens with zero attached hydrogens (tertiary/aromatic N) is 1. The lowest BCUT2D eigenvalue weighted by Gasteiger charge is -2.32. The normalized spacial score (nSPS) is 15.6. The van der Waals surface area contributed by atoms with E-state index in [0.29, 0.717) is 34.8 Å². The molecule has 0 saturated carbocycles. The summed E-state index contributed by atoms with van der Waals surface area (Å²) in [4.78, 5) is 26.1. The van der Waals surface area contributed by atoms with E-state index in [9.17, 15) is 22.8 Å². The Balaban J connectivity index is 1.86. The van der Waals surface area contributed by atoms with Crippen molar-refractivity contribution in [3.05, 3.63) is 88.0 Å². The van der Waals surface area contributed by atoms with Crippen LogP contribution >= 0.6 is 11.6 Å². The van der Waals surface area contributed by atoms with Crippen LogP contribution in [0.1, 0.15) is 30.0 Å². The van der Waals surface area contributed by atoms with Gasteiger partial charge in [-0.15, -0.1) is 0 Å². The van der Waals surface area contributed by atoms with Gasteiger partial charge in [-0.25, -0.2) is 4.79 Å². The van der Waals surface area contributed by atoms with Crippen LogP contribution < -0.4 is 5.32 Å². The maximum atomic E-state index is 13.6. The first-order valence-corrected chi connectivity index (χ1v) is 11.9. The van der Waals surface area contributed by atoms with Gasteiger partial charge in [0.25, 0.3) is 0 Å². The van der Waals surface area contributed by atoms with Crippen LogP contribution in [-0.4, -0.2) is 43.3 Å². The van der Waals surface area contributed by atoms with Gasteiger partial charge in [-0.2, -0.15) is 13.2 Å². The summed E-state index contributed by atoms with van der Waals surface area (Å²) < 4.78 is 45.5. The second-order valence-corrected chi connectivity index (χ2v) is 8.93. The minimum absolute atomic E-state index is 0.0192.